The summed E-state index contributed by atoms with van der Waals surface area (Å²) in [5.74, 6) is 0.772. The Morgan fingerprint density at radius 2 is 1.75 bits per heavy atom. The Bertz CT molecular complexity index is 1370. The summed E-state index contributed by atoms with van der Waals surface area (Å²) in [6.07, 6.45) is -0.632. The number of pyridine rings is 2. The van der Waals surface area contributed by atoms with Gasteiger partial charge in [0.15, 0.2) is 5.03 Å². The van der Waals surface area contributed by atoms with Crippen LogP contribution in [0.25, 0.3) is 11.3 Å². The maximum Gasteiger partial charge on any atom is 0.418 e. The van der Waals surface area contributed by atoms with Crippen LogP contribution in [0.2, 0.25) is 0 Å². The summed E-state index contributed by atoms with van der Waals surface area (Å²) in [5.41, 5.74) is 0.201. The molecule has 1 aliphatic heterocycles. The first-order valence-electron chi connectivity index (χ1n) is 12.2. The molecule has 0 bridgehead atoms. The third-order valence-corrected chi connectivity index (χ3v) is 8.38. The lowest BCUT2D eigenvalue weighted by molar-refractivity contribution is -0.137. The average Bonchev–Trinajstić information content (AvgIpc) is 3.69. The van der Waals surface area contributed by atoms with Gasteiger partial charge < -0.3 is 4.90 Å². The number of hydrogen-bond acceptors (Lipinski definition) is 5. The van der Waals surface area contributed by atoms with E-state index in [1.165, 1.54) is 6.07 Å². The second kappa shape index (κ2) is 9.50. The fourth-order valence-corrected chi connectivity index (χ4v) is 6.11. The number of aromatic nitrogens is 2. The van der Waals surface area contributed by atoms with E-state index in [9.17, 15) is 21.6 Å². The highest BCUT2D eigenvalue weighted by Crippen LogP contribution is 2.46. The highest BCUT2D eigenvalue weighted by Gasteiger charge is 2.37. The molecule has 190 valence electrons. The van der Waals surface area contributed by atoms with E-state index in [0.717, 1.165) is 56.5 Å². The third kappa shape index (κ3) is 5.26. The molecule has 3 heterocycles. The largest absolute Gasteiger partial charge is 0.418 e. The zero-order valence-corrected chi connectivity index (χ0v) is 20.8. The molecule has 5 nitrogen and oxygen atoms in total. The number of nitrogens with zero attached hydrogens (tertiary/aromatic N) is 3. The summed E-state index contributed by atoms with van der Waals surface area (Å²) in [5, 5.41) is -0.0974. The quantitative estimate of drug-likeness (QED) is 0.388. The van der Waals surface area contributed by atoms with Gasteiger partial charge in [0.1, 0.15) is 5.82 Å². The van der Waals surface area contributed by atoms with Crippen LogP contribution in [0.15, 0.2) is 59.6 Å². The zero-order chi connectivity index (χ0) is 25.5. The Morgan fingerprint density at radius 1 is 0.972 bits per heavy atom. The molecule has 0 amide bonds. The van der Waals surface area contributed by atoms with Gasteiger partial charge in [-0.25, -0.2) is 13.4 Å². The van der Waals surface area contributed by atoms with Crippen molar-refractivity contribution in [2.45, 2.75) is 55.5 Å². The molecule has 9 heteroatoms. The molecule has 1 atom stereocenters. The minimum atomic E-state index is -4.61. The van der Waals surface area contributed by atoms with E-state index in [1.54, 1.807) is 30.3 Å². The molecule has 1 aliphatic carbocycles. The second-order valence-corrected chi connectivity index (χ2v) is 11.8. The molecule has 0 unspecified atom stereocenters. The van der Waals surface area contributed by atoms with Gasteiger partial charge in [-0.2, -0.15) is 13.2 Å². The summed E-state index contributed by atoms with van der Waals surface area (Å²) in [7, 11) is -3.93. The van der Waals surface area contributed by atoms with Crippen LogP contribution in [0, 0.1) is 5.92 Å². The summed E-state index contributed by atoms with van der Waals surface area (Å²) in [6.45, 7) is 3.77. The van der Waals surface area contributed by atoms with Crippen molar-refractivity contribution in [3.8, 4) is 11.3 Å². The molecule has 2 aliphatic rings. The molecule has 36 heavy (non-hydrogen) atoms. The van der Waals surface area contributed by atoms with Crippen LogP contribution in [0.5, 0.6) is 0 Å². The SMILES string of the molecule is C[C@H]1CCCN(c2cccc(S(=O)(=O)Cc3ccc(C(F)(F)F)c(-c4ccccc4C4CC4)n3)n2)C1. The first kappa shape index (κ1) is 24.7. The number of rotatable bonds is 6. The lowest BCUT2D eigenvalue weighted by Crippen LogP contribution is -2.35. The number of alkyl halides is 3. The molecule has 5 rings (SSSR count). The molecule has 1 saturated heterocycles. The lowest BCUT2D eigenvalue weighted by Gasteiger charge is -2.32. The summed E-state index contributed by atoms with van der Waals surface area (Å²) in [4.78, 5) is 10.8. The molecule has 0 radical (unpaired) electrons. The Kier molecular flexibility index (Phi) is 6.53. The zero-order valence-electron chi connectivity index (χ0n) is 20.0. The Balaban J connectivity index is 1.49. The summed E-state index contributed by atoms with van der Waals surface area (Å²) in [6, 6.07) is 13.9. The van der Waals surface area contributed by atoms with Gasteiger partial charge in [0, 0.05) is 18.7 Å². The van der Waals surface area contributed by atoms with Gasteiger partial charge in [-0.3, -0.25) is 4.98 Å². The molecule has 0 N–H and O–H groups in total. The van der Waals surface area contributed by atoms with Crippen LogP contribution in [0.3, 0.4) is 0 Å². The van der Waals surface area contributed by atoms with E-state index in [0.29, 0.717) is 17.3 Å². The molecular weight excluding hydrogens is 487 g/mol. The summed E-state index contributed by atoms with van der Waals surface area (Å²) >= 11 is 0. The van der Waals surface area contributed by atoms with E-state index in [-0.39, 0.29) is 22.3 Å². The normalized spacial score (nSPS) is 18.9. The fourth-order valence-electron chi connectivity index (χ4n) is 4.90. The minimum absolute atomic E-state index is 0.0578. The van der Waals surface area contributed by atoms with Gasteiger partial charge in [-0.1, -0.05) is 37.3 Å². The minimum Gasteiger partial charge on any atom is -0.356 e. The van der Waals surface area contributed by atoms with Crippen LogP contribution < -0.4 is 4.90 Å². The van der Waals surface area contributed by atoms with Crippen LogP contribution in [-0.4, -0.2) is 31.5 Å². The van der Waals surface area contributed by atoms with Crippen LogP contribution >= 0.6 is 0 Å². The fraction of sp³-hybridized carbons (Fsp3) is 0.407. The maximum absolute atomic E-state index is 13.9. The number of hydrogen-bond donors (Lipinski definition) is 0. The predicted molar refractivity (Wildman–Crippen MR) is 132 cm³/mol. The molecule has 1 saturated carbocycles. The number of halogens is 3. The first-order chi connectivity index (χ1) is 17.1. The highest BCUT2D eigenvalue weighted by atomic mass is 32.2. The molecule has 3 aromatic rings. The standard InChI is InChI=1S/C27H28F3N3O2S/c1-18-6-5-15-33(16-18)24-9-4-10-25(32-24)36(34,35)17-20-13-14-23(27(28,29)30)26(31-20)22-8-3-2-7-21(22)19-11-12-19/h2-4,7-10,13-14,18-19H,5-6,11-12,15-17H2,1H3/t18-/m0/s1. The third-order valence-electron chi connectivity index (χ3n) is 6.84. The molecule has 1 aromatic carbocycles. The highest BCUT2D eigenvalue weighted by molar-refractivity contribution is 7.90. The summed E-state index contributed by atoms with van der Waals surface area (Å²) < 4.78 is 68.2. The van der Waals surface area contributed by atoms with Crippen molar-refractivity contribution in [3.63, 3.8) is 0 Å². The Labute approximate surface area is 209 Å². The monoisotopic (exact) mass is 515 g/mol. The van der Waals surface area contributed by atoms with Gasteiger partial charge in [0.05, 0.1) is 22.7 Å². The number of benzene rings is 1. The van der Waals surface area contributed by atoms with E-state index < -0.39 is 27.3 Å². The van der Waals surface area contributed by atoms with Crippen molar-refractivity contribution < 1.29 is 21.6 Å². The van der Waals surface area contributed by atoms with Crippen LogP contribution in [0.1, 0.15) is 55.3 Å². The Hall–Kier alpha value is -2.94. The van der Waals surface area contributed by atoms with E-state index in [2.05, 4.69) is 21.8 Å². The molecular formula is C27H28F3N3O2S. The number of sulfone groups is 1. The Morgan fingerprint density at radius 3 is 2.47 bits per heavy atom. The van der Waals surface area contributed by atoms with Gasteiger partial charge in [-0.05, 0) is 67.3 Å². The van der Waals surface area contributed by atoms with E-state index in [1.807, 2.05) is 6.07 Å². The van der Waals surface area contributed by atoms with E-state index in [4.69, 9.17) is 0 Å². The topological polar surface area (TPSA) is 63.2 Å². The van der Waals surface area contributed by atoms with Crippen molar-refractivity contribution in [1.82, 2.24) is 9.97 Å². The van der Waals surface area contributed by atoms with Crippen molar-refractivity contribution in [1.29, 1.82) is 0 Å². The van der Waals surface area contributed by atoms with Gasteiger partial charge in [0.25, 0.3) is 0 Å². The van der Waals surface area contributed by atoms with Crippen molar-refractivity contribution in [2.24, 2.45) is 5.92 Å². The molecule has 2 aromatic heterocycles. The van der Waals surface area contributed by atoms with Gasteiger partial charge >= 0.3 is 6.18 Å². The van der Waals surface area contributed by atoms with Crippen LogP contribution in [0.4, 0.5) is 19.0 Å². The van der Waals surface area contributed by atoms with Crippen molar-refractivity contribution in [2.75, 3.05) is 18.0 Å². The number of anilines is 1. The lowest BCUT2D eigenvalue weighted by atomic mass is 9.97. The van der Waals surface area contributed by atoms with Crippen LogP contribution in [-0.2, 0) is 21.8 Å². The molecule has 2 fully saturated rings. The van der Waals surface area contributed by atoms with Crippen molar-refractivity contribution >= 4 is 15.7 Å². The van der Waals surface area contributed by atoms with Crippen molar-refractivity contribution in [3.05, 3.63) is 71.4 Å². The molecule has 0 spiro atoms. The second-order valence-electron chi connectivity index (χ2n) is 9.84. The smallest absolute Gasteiger partial charge is 0.356 e. The van der Waals surface area contributed by atoms with E-state index >= 15 is 0 Å². The number of piperidine rings is 1. The average molecular weight is 516 g/mol. The maximum atomic E-state index is 13.9. The van der Waals surface area contributed by atoms with Gasteiger partial charge in [-0.15, -0.1) is 0 Å². The predicted octanol–water partition coefficient (Wildman–Crippen LogP) is 6.25. The van der Waals surface area contributed by atoms with Gasteiger partial charge in [0.2, 0.25) is 9.84 Å². The first-order valence-corrected chi connectivity index (χ1v) is 13.9.